The maximum Gasteiger partial charge on any atom is 0.151 e. The lowest BCUT2D eigenvalue weighted by Gasteiger charge is -2.02. The summed E-state index contributed by atoms with van der Waals surface area (Å²) in [6.45, 7) is 5.00. The van der Waals surface area contributed by atoms with E-state index >= 15 is 0 Å². The minimum atomic E-state index is -0.227. The van der Waals surface area contributed by atoms with Crippen LogP contribution in [0.4, 0.5) is 10.2 Å². The summed E-state index contributed by atoms with van der Waals surface area (Å²) < 4.78 is 12.8. The van der Waals surface area contributed by atoms with Gasteiger partial charge in [-0.05, 0) is 37.6 Å². The number of nitrogens with one attached hydrogen (secondary N) is 2. The molecule has 0 bridgehead atoms. The van der Waals surface area contributed by atoms with E-state index in [1.54, 1.807) is 12.1 Å². The van der Waals surface area contributed by atoms with Crippen LogP contribution in [0, 0.1) is 12.7 Å². The van der Waals surface area contributed by atoms with Crippen LogP contribution in [-0.2, 0) is 0 Å². The normalized spacial score (nSPS) is 10.5. The van der Waals surface area contributed by atoms with Crippen LogP contribution in [0.25, 0.3) is 11.3 Å². The van der Waals surface area contributed by atoms with Gasteiger partial charge < -0.3 is 5.32 Å². The highest BCUT2D eigenvalue weighted by atomic mass is 19.1. The van der Waals surface area contributed by atoms with Crippen molar-refractivity contribution in [1.82, 2.24) is 10.2 Å². The molecule has 17 heavy (non-hydrogen) atoms. The lowest BCUT2D eigenvalue weighted by molar-refractivity contribution is 0.628. The first kappa shape index (κ1) is 11.6. The second-order valence-electron chi connectivity index (χ2n) is 4.01. The van der Waals surface area contributed by atoms with E-state index in [0.717, 1.165) is 35.6 Å². The van der Waals surface area contributed by atoms with Crippen molar-refractivity contribution in [2.24, 2.45) is 0 Å². The van der Waals surface area contributed by atoms with Crippen LogP contribution in [-0.4, -0.2) is 16.7 Å². The lowest BCUT2D eigenvalue weighted by Crippen LogP contribution is -2.00. The van der Waals surface area contributed by atoms with Gasteiger partial charge in [-0.15, -0.1) is 0 Å². The van der Waals surface area contributed by atoms with Gasteiger partial charge in [0, 0.05) is 17.7 Å². The third-order valence-electron chi connectivity index (χ3n) is 2.69. The Labute approximate surface area is 100 Å². The fraction of sp³-hybridized carbons (Fsp3) is 0.308. The number of rotatable bonds is 4. The second-order valence-corrected chi connectivity index (χ2v) is 4.01. The minimum Gasteiger partial charge on any atom is -0.368 e. The van der Waals surface area contributed by atoms with Gasteiger partial charge in [0.25, 0.3) is 0 Å². The van der Waals surface area contributed by atoms with E-state index in [4.69, 9.17) is 0 Å². The molecule has 0 aliphatic rings. The first-order valence-electron chi connectivity index (χ1n) is 5.77. The van der Waals surface area contributed by atoms with E-state index in [-0.39, 0.29) is 5.82 Å². The van der Waals surface area contributed by atoms with Gasteiger partial charge in [-0.25, -0.2) is 4.39 Å². The minimum absolute atomic E-state index is 0.227. The third kappa shape index (κ3) is 2.46. The Kier molecular flexibility index (Phi) is 3.42. The van der Waals surface area contributed by atoms with Crippen molar-refractivity contribution in [3.63, 3.8) is 0 Å². The quantitative estimate of drug-likeness (QED) is 0.850. The summed E-state index contributed by atoms with van der Waals surface area (Å²) >= 11 is 0. The fourth-order valence-corrected chi connectivity index (χ4v) is 1.71. The number of H-pyrrole nitrogens is 1. The molecule has 1 aromatic carbocycles. The largest absolute Gasteiger partial charge is 0.368 e. The molecule has 2 N–H and O–H groups in total. The van der Waals surface area contributed by atoms with Crippen molar-refractivity contribution in [3.8, 4) is 11.3 Å². The summed E-state index contributed by atoms with van der Waals surface area (Å²) in [4.78, 5) is 0. The Morgan fingerprint density at radius 2 is 2.00 bits per heavy atom. The number of halogens is 1. The maximum atomic E-state index is 12.8. The molecule has 90 valence electrons. The molecular weight excluding hydrogens is 217 g/mol. The van der Waals surface area contributed by atoms with E-state index in [2.05, 4.69) is 22.4 Å². The molecular formula is C13H16FN3. The van der Waals surface area contributed by atoms with Gasteiger partial charge in [0.05, 0.1) is 5.69 Å². The molecule has 2 rings (SSSR count). The van der Waals surface area contributed by atoms with Crippen LogP contribution in [0.3, 0.4) is 0 Å². The summed E-state index contributed by atoms with van der Waals surface area (Å²) in [6, 6.07) is 6.41. The average molecular weight is 233 g/mol. The highest BCUT2D eigenvalue weighted by molar-refractivity contribution is 5.68. The number of nitrogens with zero attached hydrogens (tertiary/aromatic N) is 1. The van der Waals surface area contributed by atoms with Gasteiger partial charge in [0.2, 0.25) is 0 Å². The molecule has 3 nitrogen and oxygen atoms in total. The van der Waals surface area contributed by atoms with Crippen LogP contribution < -0.4 is 5.32 Å². The molecule has 0 saturated carbocycles. The molecule has 2 aromatic rings. The molecule has 1 aromatic heterocycles. The summed E-state index contributed by atoms with van der Waals surface area (Å²) in [5.74, 6) is 0.640. The van der Waals surface area contributed by atoms with E-state index in [9.17, 15) is 4.39 Å². The SMILES string of the molecule is CCCNc1n[nH]c(-c2ccc(F)cc2)c1C. The predicted octanol–water partition coefficient (Wildman–Crippen LogP) is 3.35. The molecule has 0 fully saturated rings. The molecule has 0 amide bonds. The van der Waals surface area contributed by atoms with Crippen molar-refractivity contribution in [3.05, 3.63) is 35.6 Å². The van der Waals surface area contributed by atoms with Gasteiger partial charge in [-0.3, -0.25) is 5.10 Å². The zero-order chi connectivity index (χ0) is 12.3. The van der Waals surface area contributed by atoms with Crippen LogP contribution in [0.2, 0.25) is 0 Å². The van der Waals surface area contributed by atoms with Crippen molar-refractivity contribution in [1.29, 1.82) is 0 Å². The smallest absolute Gasteiger partial charge is 0.151 e. The van der Waals surface area contributed by atoms with Crippen molar-refractivity contribution >= 4 is 5.82 Å². The Morgan fingerprint density at radius 3 is 2.65 bits per heavy atom. The van der Waals surface area contributed by atoms with Crippen molar-refractivity contribution in [2.75, 3.05) is 11.9 Å². The number of anilines is 1. The van der Waals surface area contributed by atoms with Gasteiger partial charge in [0.1, 0.15) is 5.82 Å². The number of aromatic nitrogens is 2. The topological polar surface area (TPSA) is 40.7 Å². The van der Waals surface area contributed by atoms with E-state index < -0.39 is 0 Å². The Hall–Kier alpha value is -1.84. The van der Waals surface area contributed by atoms with Crippen LogP contribution >= 0.6 is 0 Å². The highest BCUT2D eigenvalue weighted by Gasteiger charge is 2.09. The Morgan fingerprint density at radius 1 is 1.29 bits per heavy atom. The first-order valence-corrected chi connectivity index (χ1v) is 5.77. The van der Waals surface area contributed by atoms with Gasteiger partial charge >= 0.3 is 0 Å². The van der Waals surface area contributed by atoms with Crippen LogP contribution in [0.1, 0.15) is 18.9 Å². The summed E-state index contributed by atoms with van der Waals surface area (Å²) in [5.41, 5.74) is 2.94. The van der Waals surface area contributed by atoms with Crippen molar-refractivity contribution < 1.29 is 4.39 Å². The van der Waals surface area contributed by atoms with Crippen molar-refractivity contribution in [2.45, 2.75) is 20.3 Å². The van der Waals surface area contributed by atoms with E-state index in [1.165, 1.54) is 12.1 Å². The molecule has 4 heteroatoms. The molecule has 0 radical (unpaired) electrons. The second kappa shape index (κ2) is 4.99. The predicted molar refractivity (Wildman–Crippen MR) is 67.5 cm³/mol. The third-order valence-corrected chi connectivity index (χ3v) is 2.69. The number of hydrogen-bond donors (Lipinski definition) is 2. The molecule has 0 saturated heterocycles. The molecule has 0 spiro atoms. The molecule has 0 unspecified atom stereocenters. The monoisotopic (exact) mass is 233 g/mol. The molecule has 0 aliphatic carbocycles. The van der Waals surface area contributed by atoms with Crippen LogP contribution in [0.15, 0.2) is 24.3 Å². The first-order chi connectivity index (χ1) is 8.22. The summed E-state index contributed by atoms with van der Waals surface area (Å²) in [5, 5.41) is 10.5. The molecule has 1 heterocycles. The molecule has 0 aliphatic heterocycles. The number of aromatic amines is 1. The van der Waals surface area contributed by atoms with Gasteiger partial charge in [0.15, 0.2) is 5.82 Å². The average Bonchev–Trinajstić information content (AvgIpc) is 2.69. The number of benzene rings is 1. The fourth-order valence-electron chi connectivity index (χ4n) is 1.71. The zero-order valence-corrected chi connectivity index (χ0v) is 10.0. The standard InChI is InChI=1S/C13H16FN3/c1-3-8-15-13-9(2)12(16-17-13)10-4-6-11(14)7-5-10/h4-7H,3,8H2,1-2H3,(H2,15,16,17). The van der Waals surface area contributed by atoms with E-state index in [1.807, 2.05) is 6.92 Å². The number of hydrogen-bond acceptors (Lipinski definition) is 2. The maximum absolute atomic E-state index is 12.8. The van der Waals surface area contributed by atoms with Crippen LogP contribution in [0.5, 0.6) is 0 Å². The Balaban J connectivity index is 2.27. The van der Waals surface area contributed by atoms with E-state index in [0.29, 0.717) is 0 Å². The highest BCUT2D eigenvalue weighted by Crippen LogP contribution is 2.25. The summed E-state index contributed by atoms with van der Waals surface area (Å²) in [7, 11) is 0. The van der Waals surface area contributed by atoms with Gasteiger partial charge in [-0.1, -0.05) is 6.92 Å². The Bertz CT molecular complexity index is 488. The zero-order valence-electron chi connectivity index (χ0n) is 10.0. The van der Waals surface area contributed by atoms with Gasteiger partial charge in [-0.2, -0.15) is 5.10 Å². The molecule has 0 atom stereocenters. The lowest BCUT2D eigenvalue weighted by atomic mass is 10.1. The summed E-state index contributed by atoms with van der Waals surface area (Å²) in [6.07, 6.45) is 1.05.